The zero-order chi connectivity index (χ0) is 19.5. The number of thiocarbonyl (C=S) groups is 1. The SMILES string of the molecule is CCN(CC)C(=S)[S-].c1cc[c]([Ge]([c]2ccccc2)[c]2ccccc2)cc1. The third kappa shape index (κ3) is 6.76. The van der Waals surface area contributed by atoms with Gasteiger partial charge in [-0.1, -0.05) is 4.32 Å². The average molecular weight is 452 g/mol. The van der Waals surface area contributed by atoms with Gasteiger partial charge in [-0.25, -0.2) is 0 Å². The van der Waals surface area contributed by atoms with Gasteiger partial charge < -0.3 is 29.7 Å². The van der Waals surface area contributed by atoms with Crippen LogP contribution in [-0.2, 0) is 12.6 Å². The van der Waals surface area contributed by atoms with Crippen LogP contribution in [0.3, 0.4) is 0 Å². The molecular weight excluding hydrogens is 427 g/mol. The Labute approximate surface area is 178 Å². The Hall–Kier alpha value is -1.69. The fourth-order valence-corrected chi connectivity index (χ4v) is 8.72. The van der Waals surface area contributed by atoms with Crippen LogP contribution in [0.15, 0.2) is 91.0 Å². The molecular formula is C23H25GeNS2-. The van der Waals surface area contributed by atoms with E-state index in [0.717, 1.165) is 13.1 Å². The van der Waals surface area contributed by atoms with E-state index < -0.39 is 14.3 Å². The zero-order valence-corrected chi connectivity index (χ0v) is 19.6. The van der Waals surface area contributed by atoms with Crippen molar-refractivity contribution >= 4 is 56.7 Å². The van der Waals surface area contributed by atoms with Crippen molar-refractivity contribution < 1.29 is 0 Å². The molecule has 0 bridgehead atoms. The summed E-state index contributed by atoms with van der Waals surface area (Å²) >= 11 is 7.88. The molecule has 0 atom stereocenters. The first-order valence-corrected chi connectivity index (χ1v) is 13.1. The number of nitrogens with zero attached hydrogens (tertiary/aromatic N) is 1. The molecule has 0 aliphatic carbocycles. The van der Waals surface area contributed by atoms with Crippen LogP contribution in [-0.4, -0.2) is 36.7 Å². The second-order valence-electron chi connectivity index (χ2n) is 5.91. The van der Waals surface area contributed by atoms with Gasteiger partial charge in [-0.2, -0.15) is 0 Å². The molecule has 0 spiro atoms. The van der Waals surface area contributed by atoms with Gasteiger partial charge in [-0.15, -0.1) is 0 Å². The van der Waals surface area contributed by atoms with Crippen LogP contribution in [0, 0.1) is 0 Å². The van der Waals surface area contributed by atoms with Gasteiger partial charge in [0.05, 0.1) is 0 Å². The average Bonchev–Trinajstić information content (AvgIpc) is 2.72. The number of hydrogen-bond donors (Lipinski definition) is 0. The molecule has 3 aromatic carbocycles. The van der Waals surface area contributed by atoms with Crippen molar-refractivity contribution in [1.29, 1.82) is 0 Å². The molecule has 0 saturated carbocycles. The first kappa shape index (κ1) is 21.6. The van der Waals surface area contributed by atoms with Crippen molar-refractivity contribution in [2.24, 2.45) is 0 Å². The topological polar surface area (TPSA) is 3.24 Å². The van der Waals surface area contributed by atoms with Crippen LogP contribution in [0.1, 0.15) is 13.8 Å². The van der Waals surface area contributed by atoms with E-state index in [0.29, 0.717) is 4.32 Å². The summed E-state index contributed by atoms with van der Waals surface area (Å²) in [6.45, 7) is 5.95. The molecule has 0 saturated heterocycles. The van der Waals surface area contributed by atoms with Crippen LogP contribution in [0.25, 0.3) is 0 Å². The molecule has 1 radical (unpaired) electrons. The van der Waals surface area contributed by atoms with Gasteiger partial charge >= 0.3 is 119 Å². The predicted octanol–water partition coefficient (Wildman–Crippen LogP) is 3.36. The van der Waals surface area contributed by atoms with Gasteiger partial charge in [0.15, 0.2) is 0 Å². The van der Waals surface area contributed by atoms with Crippen LogP contribution >= 0.6 is 12.2 Å². The molecule has 4 heteroatoms. The quantitative estimate of drug-likeness (QED) is 0.332. The molecule has 3 rings (SSSR count). The molecule has 0 unspecified atom stereocenters. The minimum atomic E-state index is -1.63. The molecule has 0 aliphatic rings. The Balaban J connectivity index is 0.000000279. The summed E-state index contributed by atoms with van der Waals surface area (Å²) in [6.07, 6.45) is 0. The molecule has 0 aliphatic heterocycles. The van der Waals surface area contributed by atoms with Crippen LogP contribution < -0.4 is 13.2 Å². The predicted molar refractivity (Wildman–Crippen MR) is 127 cm³/mol. The molecule has 0 amide bonds. The van der Waals surface area contributed by atoms with E-state index in [1.165, 1.54) is 13.2 Å². The summed E-state index contributed by atoms with van der Waals surface area (Å²) < 4.78 is 5.08. The molecule has 1 nitrogen and oxygen atoms in total. The van der Waals surface area contributed by atoms with Crippen LogP contribution in [0.2, 0.25) is 0 Å². The maximum atomic E-state index is 4.76. The second-order valence-corrected chi connectivity index (χ2v) is 12.2. The van der Waals surface area contributed by atoms with Crippen molar-refractivity contribution in [3.63, 3.8) is 0 Å². The van der Waals surface area contributed by atoms with Crippen molar-refractivity contribution in [3.8, 4) is 0 Å². The normalized spacial score (nSPS) is 10.0. The van der Waals surface area contributed by atoms with Gasteiger partial charge in [-0.3, -0.25) is 0 Å². The molecule has 0 fully saturated rings. The monoisotopic (exact) mass is 453 g/mol. The van der Waals surface area contributed by atoms with Gasteiger partial charge in [0, 0.05) is 13.1 Å². The Morgan fingerprint density at radius 1 is 0.704 bits per heavy atom. The van der Waals surface area contributed by atoms with Crippen molar-refractivity contribution in [3.05, 3.63) is 91.0 Å². The Kier molecular flexibility index (Phi) is 9.53. The second kappa shape index (κ2) is 11.9. The number of rotatable bonds is 5. The number of benzene rings is 3. The molecule has 27 heavy (non-hydrogen) atoms. The fraction of sp³-hybridized carbons (Fsp3) is 0.174. The Bertz CT molecular complexity index is 696. The van der Waals surface area contributed by atoms with E-state index >= 15 is 0 Å². The summed E-state index contributed by atoms with van der Waals surface area (Å²) in [5.74, 6) is 0. The summed E-state index contributed by atoms with van der Waals surface area (Å²) in [5, 5.41) is 0. The molecule has 3 aromatic rings. The van der Waals surface area contributed by atoms with Crippen molar-refractivity contribution in [2.45, 2.75) is 13.8 Å². The summed E-state index contributed by atoms with van der Waals surface area (Å²) in [7, 11) is 0. The van der Waals surface area contributed by atoms with E-state index in [2.05, 4.69) is 91.0 Å². The van der Waals surface area contributed by atoms with Gasteiger partial charge in [-0.05, 0) is 13.8 Å². The van der Waals surface area contributed by atoms with E-state index in [9.17, 15) is 0 Å². The minimum absolute atomic E-state index is 0.579. The van der Waals surface area contributed by atoms with Gasteiger partial charge in [0.2, 0.25) is 0 Å². The summed E-state index contributed by atoms with van der Waals surface area (Å²) in [4.78, 5) is 1.96. The fourth-order valence-electron chi connectivity index (χ4n) is 2.80. The summed E-state index contributed by atoms with van der Waals surface area (Å²) in [5.41, 5.74) is 0. The maximum absolute atomic E-state index is 4.76. The van der Waals surface area contributed by atoms with Gasteiger partial charge in [0.25, 0.3) is 0 Å². The van der Waals surface area contributed by atoms with Crippen LogP contribution in [0.4, 0.5) is 0 Å². The van der Waals surface area contributed by atoms with E-state index in [1.54, 1.807) is 0 Å². The van der Waals surface area contributed by atoms with Crippen molar-refractivity contribution in [1.82, 2.24) is 4.90 Å². The molecule has 0 aromatic heterocycles. The van der Waals surface area contributed by atoms with Crippen molar-refractivity contribution in [2.75, 3.05) is 13.1 Å². The third-order valence-electron chi connectivity index (χ3n) is 4.21. The molecule has 0 N–H and O–H groups in total. The Morgan fingerprint density at radius 3 is 1.19 bits per heavy atom. The first-order chi connectivity index (χ1) is 13.2. The van der Waals surface area contributed by atoms with E-state index in [-0.39, 0.29) is 0 Å². The van der Waals surface area contributed by atoms with Crippen LogP contribution in [0.5, 0.6) is 0 Å². The molecule has 139 valence electrons. The standard InChI is InChI=1S/C18H15Ge.C5H11NS2/c1-4-10-16(11-5-1)19(17-12-6-2-7-13-17)18-14-8-3-9-15-18;1-3-6(4-2)5(7)8/h1-15H;3-4H2,1-2H3,(H,7,8)/p-1. The number of hydrogen-bond acceptors (Lipinski definition) is 2. The van der Waals surface area contributed by atoms with E-state index in [1.807, 2.05) is 18.7 Å². The summed E-state index contributed by atoms with van der Waals surface area (Å²) in [6, 6.07) is 32.8. The van der Waals surface area contributed by atoms with E-state index in [4.69, 9.17) is 24.8 Å². The first-order valence-electron chi connectivity index (χ1n) is 9.16. The van der Waals surface area contributed by atoms with Gasteiger partial charge in [0.1, 0.15) is 0 Å². The zero-order valence-electron chi connectivity index (χ0n) is 15.8. The third-order valence-corrected chi connectivity index (χ3v) is 10.5. The Morgan fingerprint density at radius 2 is 1.00 bits per heavy atom. The molecule has 0 heterocycles.